The summed E-state index contributed by atoms with van der Waals surface area (Å²) in [4.78, 5) is 2.46. The van der Waals surface area contributed by atoms with Gasteiger partial charge in [0.2, 0.25) is 0 Å². The number of benzene rings is 10. The Bertz CT molecular complexity index is 3240. The second-order valence-electron chi connectivity index (χ2n) is 16.3. The molecular weight excluding hydrogens is 735 g/mol. The van der Waals surface area contributed by atoms with Crippen LogP contribution in [-0.2, 0) is 10.8 Å². The molecule has 10 aromatic rings. The van der Waals surface area contributed by atoms with E-state index in [-0.39, 0.29) is 0 Å². The van der Waals surface area contributed by atoms with Crippen LogP contribution in [0.1, 0.15) is 44.5 Å². The molecule has 0 amide bonds. The number of rotatable bonds is 7. The Morgan fingerprint density at radius 1 is 0.279 bits per heavy atom. The first-order valence-corrected chi connectivity index (χ1v) is 21.3. The van der Waals surface area contributed by atoms with E-state index in [1.54, 1.807) is 0 Å². The van der Waals surface area contributed by atoms with Gasteiger partial charge in [0.15, 0.2) is 0 Å². The summed E-state index contributed by atoms with van der Waals surface area (Å²) >= 11 is 0. The summed E-state index contributed by atoms with van der Waals surface area (Å²) in [6.07, 6.45) is 0. The topological polar surface area (TPSA) is 3.24 Å². The van der Waals surface area contributed by atoms with E-state index in [1.165, 1.54) is 77.5 Å². The van der Waals surface area contributed by atoms with Gasteiger partial charge >= 0.3 is 0 Å². The third kappa shape index (κ3) is 5.01. The lowest BCUT2D eigenvalue weighted by Crippen LogP contribution is -2.44. The Morgan fingerprint density at radius 2 is 0.754 bits per heavy atom. The summed E-state index contributed by atoms with van der Waals surface area (Å²) in [5.74, 6) is 0. The first kappa shape index (κ1) is 35.2. The van der Waals surface area contributed by atoms with Gasteiger partial charge in [0, 0.05) is 11.4 Å². The van der Waals surface area contributed by atoms with Crippen molar-refractivity contribution in [2.24, 2.45) is 0 Å². The number of hydrogen-bond acceptors (Lipinski definition) is 1. The van der Waals surface area contributed by atoms with Crippen LogP contribution in [-0.4, -0.2) is 0 Å². The lowest BCUT2D eigenvalue weighted by atomic mass is 9.51. The Kier molecular flexibility index (Phi) is 8.05. The van der Waals surface area contributed by atoms with Crippen LogP contribution in [0.15, 0.2) is 249 Å². The minimum absolute atomic E-state index is 0.510. The van der Waals surface area contributed by atoms with Crippen molar-refractivity contribution in [2.75, 3.05) is 4.90 Å². The minimum Gasteiger partial charge on any atom is -0.310 e. The quantitative estimate of drug-likeness (QED) is 0.156. The fourth-order valence-electron chi connectivity index (χ4n) is 11.1. The highest BCUT2D eigenvalue weighted by Gasteiger charge is 2.58. The molecule has 2 aliphatic carbocycles. The van der Waals surface area contributed by atoms with Gasteiger partial charge in [-0.25, -0.2) is 0 Å². The van der Waals surface area contributed by atoms with Crippen molar-refractivity contribution in [3.05, 3.63) is 293 Å². The molecule has 0 N–H and O–H groups in total. The highest BCUT2D eigenvalue weighted by Crippen LogP contribution is 2.66. The molecule has 2 atom stereocenters. The molecule has 0 spiro atoms. The molecule has 0 saturated carbocycles. The third-order valence-corrected chi connectivity index (χ3v) is 13.4. The molecule has 0 bridgehead atoms. The van der Waals surface area contributed by atoms with Crippen LogP contribution in [0.3, 0.4) is 0 Å². The zero-order chi connectivity index (χ0) is 40.4. The van der Waals surface area contributed by atoms with Gasteiger partial charge in [-0.3, -0.25) is 0 Å². The lowest BCUT2D eigenvalue weighted by molar-refractivity contribution is 0.627. The molecule has 10 aromatic carbocycles. The number of hydrogen-bond donors (Lipinski definition) is 0. The number of anilines is 3. The largest absolute Gasteiger partial charge is 0.310 e. The minimum atomic E-state index is -0.698. The van der Waals surface area contributed by atoms with E-state index < -0.39 is 10.8 Å². The van der Waals surface area contributed by atoms with E-state index in [4.69, 9.17) is 0 Å². The maximum Gasteiger partial charge on any atom is 0.0728 e. The molecule has 0 radical (unpaired) electrons. The number of fused-ring (bicyclic) bond motifs is 6. The summed E-state index contributed by atoms with van der Waals surface area (Å²) in [5.41, 5.74) is 17.5. The zero-order valence-electron chi connectivity index (χ0n) is 33.6. The molecular formula is C60H41N. The summed E-state index contributed by atoms with van der Waals surface area (Å²) in [6, 6.07) is 92.4. The molecule has 1 nitrogen and oxygen atoms in total. The molecule has 0 aliphatic heterocycles. The van der Waals surface area contributed by atoms with Gasteiger partial charge in [0.1, 0.15) is 0 Å². The Hall–Kier alpha value is -7.74. The van der Waals surface area contributed by atoms with E-state index in [0.717, 1.165) is 17.1 Å². The molecule has 0 aromatic heterocycles. The molecule has 286 valence electrons. The first-order valence-electron chi connectivity index (χ1n) is 21.3. The summed E-state index contributed by atoms with van der Waals surface area (Å²) in [6.45, 7) is 0. The molecule has 1 heteroatoms. The molecule has 0 saturated heterocycles. The van der Waals surface area contributed by atoms with Gasteiger partial charge in [-0.05, 0) is 108 Å². The van der Waals surface area contributed by atoms with E-state index in [9.17, 15) is 0 Å². The van der Waals surface area contributed by atoms with Gasteiger partial charge in [-0.2, -0.15) is 0 Å². The van der Waals surface area contributed by atoms with Crippen molar-refractivity contribution in [3.8, 4) is 22.3 Å². The van der Waals surface area contributed by atoms with Crippen molar-refractivity contribution in [1.82, 2.24) is 0 Å². The predicted molar refractivity (Wildman–Crippen MR) is 253 cm³/mol. The number of nitrogens with zero attached hydrogens (tertiary/aromatic N) is 1. The number of para-hydroxylation sites is 2. The zero-order valence-corrected chi connectivity index (χ0v) is 33.6. The maximum absolute atomic E-state index is 2.46. The standard InChI is InChI=1S/C60H41N/c1-4-22-44(23-5-1)59(53-33-14-15-34-54(53)60(45-24-6-2-7-25-45)52-32-13-12-29-50(52)51-31-19-36-56(59)58(51)60)55-35-16-17-37-57(55)61(46-26-8-3-9-27-46)47-40-38-43(39-41-47)49-30-18-21-42-20-10-11-28-48(42)49/h1-41H. The van der Waals surface area contributed by atoms with Crippen molar-refractivity contribution in [2.45, 2.75) is 10.8 Å². The molecule has 0 heterocycles. The average Bonchev–Trinajstić information content (AvgIpc) is 3.65. The van der Waals surface area contributed by atoms with Gasteiger partial charge in [-0.1, -0.05) is 218 Å². The van der Waals surface area contributed by atoms with E-state index in [1.807, 2.05) is 0 Å². The van der Waals surface area contributed by atoms with Crippen LogP contribution >= 0.6 is 0 Å². The summed E-state index contributed by atoms with van der Waals surface area (Å²) in [7, 11) is 0. The Morgan fingerprint density at radius 3 is 1.49 bits per heavy atom. The maximum atomic E-state index is 2.46. The fraction of sp³-hybridized carbons (Fsp3) is 0.0333. The second-order valence-corrected chi connectivity index (χ2v) is 16.3. The van der Waals surface area contributed by atoms with Crippen molar-refractivity contribution in [3.63, 3.8) is 0 Å². The highest BCUT2D eigenvalue weighted by atomic mass is 15.1. The predicted octanol–water partition coefficient (Wildman–Crippen LogP) is 15.0. The van der Waals surface area contributed by atoms with Gasteiger partial charge < -0.3 is 4.90 Å². The molecule has 0 fully saturated rings. The van der Waals surface area contributed by atoms with Crippen LogP contribution in [0.25, 0.3) is 33.0 Å². The van der Waals surface area contributed by atoms with Crippen molar-refractivity contribution in [1.29, 1.82) is 0 Å². The van der Waals surface area contributed by atoms with Gasteiger partial charge in [0.25, 0.3) is 0 Å². The average molecular weight is 776 g/mol. The van der Waals surface area contributed by atoms with E-state index >= 15 is 0 Å². The monoisotopic (exact) mass is 775 g/mol. The van der Waals surface area contributed by atoms with Crippen molar-refractivity contribution >= 4 is 27.8 Å². The van der Waals surface area contributed by atoms with Crippen LogP contribution in [0, 0.1) is 0 Å². The lowest BCUT2D eigenvalue weighted by Gasteiger charge is -2.50. The Labute approximate surface area is 357 Å². The summed E-state index contributed by atoms with van der Waals surface area (Å²) in [5, 5.41) is 2.50. The van der Waals surface area contributed by atoms with E-state index in [0.29, 0.717) is 0 Å². The SMILES string of the molecule is c1ccc(N(c2ccc(-c3cccc4ccccc34)cc2)c2ccccc2C2(c3ccccc3)c3ccccc3C3(c4ccccc4)c4ccccc4-c4cccc2c43)cc1. The first-order chi connectivity index (χ1) is 30.3. The highest BCUT2D eigenvalue weighted by molar-refractivity contribution is 5.97. The molecule has 2 aliphatic rings. The van der Waals surface area contributed by atoms with Gasteiger partial charge in [-0.15, -0.1) is 0 Å². The Balaban J connectivity index is 1.17. The normalized spacial score (nSPS) is 17.0. The van der Waals surface area contributed by atoms with Crippen LogP contribution < -0.4 is 4.90 Å². The van der Waals surface area contributed by atoms with Crippen LogP contribution in [0.4, 0.5) is 17.1 Å². The van der Waals surface area contributed by atoms with Crippen LogP contribution in [0.5, 0.6) is 0 Å². The summed E-state index contributed by atoms with van der Waals surface area (Å²) < 4.78 is 0. The molecule has 61 heavy (non-hydrogen) atoms. The molecule has 2 unspecified atom stereocenters. The van der Waals surface area contributed by atoms with Crippen LogP contribution in [0.2, 0.25) is 0 Å². The third-order valence-electron chi connectivity index (χ3n) is 13.4. The van der Waals surface area contributed by atoms with Crippen molar-refractivity contribution < 1.29 is 0 Å². The fourth-order valence-corrected chi connectivity index (χ4v) is 11.1. The molecule has 12 rings (SSSR count). The van der Waals surface area contributed by atoms with Gasteiger partial charge in [0.05, 0.1) is 16.5 Å². The smallest absolute Gasteiger partial charge is 0.0728 e. The van der Waals surface area contributed by atoms with E-state index in [2.05, 4.69) is 254 Å². The second kappa shape index (κ2) is 13.9.